The van der Waals surface area contributed by atoms with Gasteiger partial charge in [-0.1, -0.05) is 49.4 Å². The molecule has 2 aliphatic rings. The molecule has 3 aromatic rings. The summed E-state index contributed by atoms with van der Waals surface area (Å²) in [6.45, 7) is 6.96. The highest BCUT2D eigenvalue weighted by molar-refractivity contribution is 5.88. The van der Waals surface area contributed by atoms with E-state index in [0.717, 1.165) is 50.9 Å². The van der Waals surface area contributed by atoms with Gasteiger partial charge in [0.1, 0.15) is 6.10 Å². The van der Waals surface area contributed by atoms with E-state index in [4.69, 9.17) is 4.74 Å². The van der Waals surface area contributed by atoms with Crippen LogP contribution in [0.15, 0.2) is 54.7 Å². The van der Waals surface area contributed by atoms with E-state index in [0.29, 0.717) is 11.8 Å². The smallest absolute Gasteiger partial charge is 0.251 e. The molecule has 166 valence electrons. The van der Waals surface area contributed by atoms with E-state index in [2.05, 4.69) is 61.3 Å². The molecule has 2 aliphatic heterocycles. The van der Waals surface area contributed by atoms with Gasteiger partial charge >= 0.3 is 0 Å². The minimum Gasteiger partial charge on any atom is -0.368 e. The van der Waals surface area contributed by atoms with Crippen LogP contribution in [0.2, 0.25) is 0 Å². The highest BCUT2D eigenvalue weighted by Gasteiger charge is 2.32. The van der Waals surface area contributed by atoms with Crippen molar-refractivity contribution in [3.63, 3.8) is 0 Å². The van der Waals surface area contributed by atoms with Crippen LogP contribution in [0.25, 0.3) is 22.0 Å². The number of piperidine rings is 1. The molecule has 0 unspecified atom stereocenters. The zero-order chi connectivity index (χ0) is 22.1. The number of carbonyl (C=O) groups excluding carboxylic acids is 1. The van der Waals surface area contributed by atoms with Gasteiger partial charge in [0.05, 0.1) is 5.52 Å². The molecule has 2 atom stereocenters. The van der Waals surface area contributed by atoms with Crippen LogP contribution in [-0.2, 0) is 9.53 Å². The van der Waals surface area contributed by atoms with Crippen molar-refractivity contribution in [1.82, 2.24) is 9.88 Å². The summed E-state index contributed by atoms with van der Waals surface area (Å²) in [6, 6.07) is 17.3. The van der Waals surface area contributed by atoms with Crippen molar-refractivity contribution >= 4 is 16.8 Å². The summed E-state index contributed by atoms with van der Waals surface area (Å²) in [5.74, 6) is 1.30. The first kappa shape index (κ1) is 21.1. The van der Waals surface area contributed by atoms with Crippen LogP contribution in [0.1, 0.15) is 49.7 Å². The van der Waals surface area contributed by atoms with Crippen LogP contribution in [-0.4, -0.2) is 41.6 Å². The number of benzene rings is 2. The normalized spacial score (nSPS) is 20.6. The molecule has 3 heterocycles. The number of pyridine rings is 1. The van der Waals surface area contributed by atoms with Gasteiger partial charge in [0, 0.05) is 36.8 Å². The maximum atomic E-state index is 12.6. The summed E-state index contributed by atoms with van der Waals surface area (Å²) in [5.41, 5.74) is 6.12. The van der Waals surface area contributed by atoms with Crippen molar-refractivity contribution in [3.05, 3.63) is 65.9 Å². The Morgan fingerprint density at radius 2 is 1.81 bits per heavy atom. The second kappa shape index (κ2) is 9.03. The molecule has 0 N–H and O–H groups in total. The van der Waals surface area contributed by atoms with Crippen molar-refractivity contribution in [2.45, 2.75) is 51.6 Å². The van der Waals surface area contributed by atoms with E-state index in [9.17, 15) is 4.79 Å². The first-order valence-corrected chi connectivity index (χ1v) is 12.0. The van der Waals surface area contributed by atoms with E-state index >= 15 is 0 Å². The third kappa shape index (κ3) is 4.04. The largest absolute Gasteiger partial charge is 0.368 e. The van der Waals surface area contributed by atoms with Crippen molar-refractivity contribution in [3.8, 4) is 11.1 Å². The number of amides is 1. The number of likely N-dealkylation sites (tertiary alicyclic amines) is 1. The van der Waals surface area contributed by atoms with Gasteiger partial charge in [-0.15, -0.1) is 0 Å². The van der Waals surface area contributed by atoms with Crippen LogP contribution >= 0.6 is 0 Å². The Balaban J connectivity index is 1.25. The molecule has 4 nitrogen and oxygen atoms in total. The van der Waals surface area contributed by atoms with E-state index in [1.165, 1.54) is 27.6 Å². The average Bonchev–Trinajstić information content (AvgIpc) is 3.39. The van der Waals surface area contributed by atoms with Crippen molar-refractivity contribution in [1.29, 1.82) is 0 Å². The summed E-state index contributed by atoms with van der Waals surface area (Å²) in [6.07, 6.45) is 5.83. The van der Waals surface area contributed by atoms with Crippen molar-refractivity contribution < 1.29 is 9.53 Å². The molecule has 0 radical (unpaired) electrons. The Hall–Kier alpha value is -2.72. The zero-order valence-corrected chi connectivity index (χ0v) is 19.1. The monoisotopic (exact) mass is 428 g/mol. The van der Waals surface area contributed by atoms with Gasteiger partial charge in [-0.05, 0) is 67.2 Å². The standard InChI is InChI=1S/C28H32N2O2/c1-19(22-13-15-30(16-14-22)28(31)27-8-5-17-32-27)21-9-11-23(12-10-21)25-18-29-26-7-4-3-6-24(26)20(25)2/h3-4,6-7,9-12,18-19,22,27H,5,8,13-17H2,1-2H3/t19-,27+/m0/s1. The second-order valence-corrected chi connectivity index (χ2v) is 9.39. The lowest BCUT2D eigenvalue weighted by Gasteiger charge is -2.36. The van der Waals surface area contributed by atoms with Gasteiger partial charge in [-0.3, -0.25) is 9.78 Å². The van der Waals surface area contributed by atoms with Gasteiger partial charge < -0.3 is 9.64 Å². The number of hydrogen-bond donors (Lipinski definition) is 0. The topological polar surface area (TPSA) is 42.4 Å². The summed E-state index contributed by atoms with van der Waals surface area (Å²) in [4.78, 5) is 19.3. The molecule has 2 aromatic carbocycles. The van der Waals surface area contributed by atoms with E-state index < -0.39 is 0 Å². The number of aromatic nitrogens is 1. The summed E-state index contributed by atoms with van der Waals surface area (Å²) in [7, 11) is 0. The maximum absolute atomic E-state index is 12.6. The second-order valence-electron chi connectivity index (χ2n) is 9.39. The highest BCUT2D eigenvalue weighted by Crippen LogP contribution is 2.35. The molecule has 32 heavy (non-hydrogen) atoms. The number of ether oxygens (including phenoxy) is 1. The minimum atomic E-state index is -0.190. The summed E-state index contributed by atoms with van der Waals surface area (Å²) in [5, 5.41) is 1.21. The Kier molecular flexibility index (Phi) is 5.97. The van der Waals surface area contributed by atoms with Crippen LogP contribution in [0, 0.1) is 12.8 Å². The summed E-state index contributed by atoms with van der Waals surface area (Å²) >= 11 is 0. The number of aryl methyl sites for hydroxylation is 1. The third-order valence-electron chi connectivity index (χ3n) is 7.56. The lowest BCUT2D eigenvalue weighted by molar-refractivity contribution is -0.142. The van der Waals surface area contributed by atoms with Crippen LogP contribution in [0.4, 0.5) is 0 Å². The fraction of sp³-hybridized carbons (Fsp3) is 0.429. The number of nitrogens with zero attached hydrogens (tertiary/aromatic N) is 2. The zero-order valence-electron chi connectivity index (χ0n) is 19.1. The Labute approximate surface area is 190 Å². The lowest BCUT2D eigenvalue weighted by atomic mass is 9.81. The Morgan fingerprint density at radius 1 is 1.06 bits per heavy atom. The van der Waals surface area contributed by atoms with E-state index in [-0.39, 0.29) is 12.0 Å². The van der Waals surface area contributed by atoms with Gasteiger partial charge in [0.2, 0.25) is 0 Å². The predicted molar refractivity (Wildman–Crippen MR) is 129 cm³/mol. The number of fused-ring (bicyclic) bond motifs is 1. The van der Waals surface area contributed by atoms with Crippen molar-refractivity contribution in [2.24, 2.45) is 5.92 Å². The fourth-order valence-electron chi connectivity index (χ4n) is 5.40. The molecule has 1 amide bonds. The van der Waals surface area contributed by atoms with Crippen LogP contribution < -0.4 is 0 Å². The highest BCUT2D eigenvalue weighted by atomic mass is 16.5. The van der Waals surface area contributed by atoms with Gasteiger partial charge in [0.15, 0.2) is 0 Å². The predicted octanol–water partition coefficient (Wildman–Crippen LogP) is 5.73. The SMILES string of the molecule is Cc1c(-c2ccc([C@H](C)C3CCN(C(=O)[C@H]4CCCO4)CC3)cc2)cnc2ccccc12. The molecule has 0 aliphatic carbocycles. The maximum Gasteiger partial charge on any atom is 0.251 e. The third-order valence-corrected chi connectivity index (χ3v) is 7.56. The molecule has 0 bridgehead atoms. The first-order chi connectivity index (χ1) is 15.6. The van der Waals surface area contributed by atoms with Crippen LogP contribution in [0.5, 0.6) is 0 Å². The molecular formula is C28H32N2O2. The molecule has 1 aromatic heterocycles. The van der Waals surface area contributed by atoms with E-state index in [1.807, 2.05) is 17.2 Å². The molecule has 2 saturated heterocycles. The molecule has 4 heteroatoms. The Morgan fingerprint density at radius 3 is 2.53 bits per heavy atom. The Bertz CT molecular complexity index is 1090. The number of rotatable bonds is 4. The first-order valence-electron chi connectivity index (χ1n) is 12.0. The van der Waals surface area contributed by atoms with Crippen LogP contribution in [0.3, 0.4) is 0 Å². The average molecular weight is 429 g/mol. The number of hydrogen-bond acceptors (Lipinski definition) is 3. The quantitative estimate of drug-likeness (QED) is 0.533. The van der Waals surface area contributed by atoms with Gasteiger partial charge in [-0.2, -0.15) is 0 Å². The van der Waals surface area contributed by atoms with Gasteiger partial charge in [-0.25, -0.2) is 0 Å². The van der Waals surface area contributed by atoms with E-state index in [1.54, 1.807) is 0 Å². The molecule has 2 fully saturated rings. The minimum absolute atomic E-state index is 0.190. The lowest BCUT2D eigenvalue weighted by Crippen LogP contribution is -2.44. The molecule has 5 rings (SSSR count). The van der Waals surface area contributed by atoms with Crippen molar-refractivity contribution in [2.75, 3.05) is 19.7 Å². The number of para-hydroxylation sites is 1. The van der Waals surface area contributed by atoms with Gasteiger partial charge in [0.25, 0.3) is 5.91 Å². The molecule has 0 saturated carbocycles. The summed E-state index contributed by atoms with van der Waals surface area (Å²) < 4.78 is 5.60. The fourth-order valence-corrected chi connectivity index (χ4v) is 5.40. The molecule has 0 spiro atoms. The number of carbonyl (C=O) groups is 1. The molecular weight excluding hydrogens is 396 g/mol.